The Morgan fingerprint density at radius 1 is 1.18 bits per heavy atom. The van der Waals surface area contributed by atoms with Crippen LogP contribution in [0.4, 0.5) is 0 Å². The van der Waals surface area contributed by atoms with E-state index in [0.717, 1.165) is 6.54 Å². The molecule has 90 valence electrons. The number of nitrogens with zero attached hydrogens (tertiary/aromatic N) is 2. The van der Waals surface area contributed by atoms with Gasteiger partial charge >= 0.3 is 0 Å². The second-order valence-corrected chi connectivity index (χ2v) is 4.89. The van der Waals surface area contributed by atoms with Crippen molar-refractivity contribution < 1.29 is 4.84 Å². The topological polar surface area (TPSA) is 24.8 Å². The molecule has 0 N–H and O–H groups in total. The van der Waals surface area contributed by atoms with Gasteiger partial charge in [-0.15, -0.1) is 0 Å². The molecule has 0 atom stereocenters. The van der Waals surface area contributed by atoms with Crippen LogP contribution in [0.5, 0.6) is 0 Å². The van der Waals surface area contributed by atoms with E-state index in [2.05, 4.69) is 22.2 Å². The molecule has 1 aromatic carbocycles. The zero-order chi connectivity index (χ0) is 11.5. The number of hydrogen-bond donors (Lipinski definition) is 0. The van der Waals surface area contributed by atoms with Crippen molar-refractivity contribution in [2.45, 2.75) is 19.4 Å². The summed E-state index contributed by atoms with van der Waals surface area (Å²) in [4.78, 5) is 7.94. The van der Waals surface area contributed by atoms with E-state index >= 15 is 0 Å². The maximum absolute atomic E-state index is 5.47. The highest BCUT2D eigenvalue weighted by Crippen LogP contribution is 2.25. The molecule has 3 heterocycles. The maximum atomic E-state index is 5.47. The van der Waals surface area contributed by atoms with Crippen molar-refractivity contribution in [3.05, 3.63) is 35.9 Å². The summed E-state index contributed by atoms with van der Waals surface area (Å²) in [5, 5.41) is 4.34. The van der Waals surface area contributed by atoms with Crippen LogP contribution in [-0.4, -0.2) is 30.2 Å². The van der Waals surface area contributed by atoms with Gasteiger partial charge in [-0.3, -0.25) is 4.90 Å². The van der Waals surface area contributed by atoms with Crippen LogP contribution < -0.4 is 0 Å². The Morgan fingerprint density at radius 3 is 2.59 bits per heavy atom. The van der Waals surface area contributed by atoms with Gasteiger partial charge in [0.2, 0.25) is 0 Å². The molecule has 17 heavy (non-hydrogen) atoms. The number of piperidine rings is 3. The fourth-order valence-electron chi connectivity index (χ4n) is 2.65. The molecule has 2 bridgehead atoms. The molecular weight excluding hydrogens is 212 g/mol. The van der Waals surface area contributed by atoms with Crippen molar-refractivity contribution in [2.75, 3.05) is 19.6 Å². The van der Waals surface area contributed by atoms with Crippen molar-refractivity contribution in [3.8, 4) is 0 Å². The summed E-state index contributed by atoms with van der Waals surface area (Å²) in [5.41, 5.74) is 2.43. The molecule has 0 aliphatic carbocycles. The Balaban J connectivity index is 1.57. The molecule has 0 radical (unpaired) electrons. The van der Waals surface area contributed by atoms with Crippen molar-refractivity contribution in [1.29, 1.82) is 0 Å². The smallest absolute Gasteiger partial charge is 0.142 e. The molecule has 3 saturated heterocycles. The van der Waals surface area contributed by atoms with Crippen LogP contribution in [0.2, 0.25) is 0 Å². The average Bonchev–Trinajstić information content (AvgIpc) is 2.41. The molecule has 0 unspecified atom stereocenters. The third kappa shape index (κ3) is 2.50. The number of benzene rings is 1. The van der Waals surface area contributed by atoms with Crippen LogP contribution >= 0.6 is 0 Å². The van der Waals surface area contributed by atoms with Crippen LogP contribution in [0.25, 0.3) is 0 Å². The Bertz CT molecular complexity index is 394. The van der Waals surface area contributed by atoms with Crippen LogP contribution in [0.3, 0.4) is 0 Å². The fraction of sp³-hybridized carbons (Fsp3) is 0.500. The monoisotopic (exact) mass is 230 g/mol. The highest BCUT2D eigenvalue weighted by atomic mass is 16.6. The molecule has 3 aliphatic heterocycles. The van der Waals surface area contributed by atoms with E-state index in [4.69, 9.17) is 4.84 Å². The second kappa shape index (κ2) is 4.88. The van der Waals surface area contributed by atoms with Crippen LogP contribution in [-0.2, 0) is 11.4 Å². The lowest BCUT2D eigenvalue weighted by Crippen LogP contribution is -2.47. The standard InChI is InChI=1S/C14H18N2O/c1-2-4-12(5-3-1)11-17-15-14-10-16-8-6-13(14)7-9-16/h1-5,13H,6-11H2. The Hall–Kier alpha value is -1.35. The molecule has 3 nitrogen and oxygen atoms in total. The van der Waals surface area contributed by atoms with Gasteiger partial charge in [0.25, 0.3) is 0 Å². The Kier molecular flexibility index (Phi) is 3.10. The summed E-state index contributed by atoms with van der Waals surface area (Å²) < 4.78 is 0. The summed E-state index contributed by atoms with van der Waals surface area (Å²) in [6, 6.07) is 10.2. The predicted octanol–water partition coefficient (Wildman–Crippen LogP) is 2.28. The lowest BCUT2D eigenvalue weighted by Gasteiger charge is -2.39. The Labute approximate surface area is 102 Å². The first-order valence-electron chi connectivity index (χ1n) is 6.37. The summed E-state index contributed by atoms with van der Waals surface area (Å²) >= 11 is 0. The third-order valence-electron chi connectivity index (χ3n) is 3.70. The lowest BCUT2D eigenvalue weighted by atomic mass is 9.87. The lowest BCUT2D eigenvalue weighted by molar-refractivity contribution is 0.118. The van der Waals surface area contributed by atoms with Gasteiger partial charge in [-0.25, -0.2) is 0 Å². The summed E-state index contributed by atoms with van der Waals surface area (Å²) in [6.07, 6.45) is 2.51. The van der Waals surface area contributed by atoms with Crippen molar-refractivity contribution >= 4 is 5.71 Å². The number of hydrogen-bond acceptors (Lipinski definition) is 3. The van der Waals surface area contributed by atoms with Gasteiger partial charge in [0, 0.05) is 12.5 Å². The third-order valence-corrected chi connectivity index (χ3v) is 3.70. The van der Waals surface area contributed by atoms with Crippen LogP contribution in [0, 0.1) is 5.92 Å². The average molecular weight is 230 g/mol. The molecule has 0 saturated carbocycles. The van der Waals surface area contributed by atoms with Gasteiger partial charge in [-0.1, -0.05) is 35.5 Å². The molecule has 3 heteroatoms. The number of rotatable bonds is 3. The van der Waals surface area contributed by atoms with Gasteiger partial charge in [0.1, 0.15) is 6.61 Å². The highest BCUT2D eigenvalue weighted by molar-refractivity contribution is 5.89. The van der Waals surface area contributed by atoms with Crippen molar-refractivity contribution in [3.63, 3.8) is 0 Å². The maximum Gasteiger partial charge on any atom is 0.142 e. The molecule has 0 amide bonds. The fourth-order valence-corrected chi connectivity index (χ4v) is 2.65. The van der Waals surface area contributed by atoms with E-state index in [1.807, 2.05) is 18.2 Å². The minimum absolute atomic E-state index is 0.580. The van der Waals surface area contributed by atoms with E-state index in [9.17, 15) is 0 Å². The van der Waals surface area contributed by atoms with Crippen molar-refractivity contribution in [1.82, 2.24) is 4.90 Å². The minimum Gasteiger partial charge on any atom is -0.391 e. The SMILES string of the molecule is c1ccc(CON=C2CN3CCC2CC3)cc1. The molecule has 0 aromatic heterocycles. The zero-order valence-corrected chi connectivity index (χ0v) is 10.0. The predicted molar refractivity (Wildman–Crippen MR) is 67.8 cm³/mol. The highest BCUT2D eigenvalue weighted by Gasteiger charge is 2.31. The van der Waals surface area contributed by atoms with E-state index < -0.39 is 0 Å². The minimum atomic E-state index is 0.580. The molecular formula is C14H18N2O. The second-order valence-electron chi connectivity index (χ2n) is 4.89. The van der Waals surface area contributed by atoms with Gasteiger partial charge in [0.15, 0.2) is 0 Å². The van der Waals surface area contributed by atoms with E-state index in [0.29, 0.717) is 12.5 Å². The molecule has 1 aromatic rings. The van der Waals surface area contributed by atoms with E-state index in [1.54, 1.807) is 0 Å². The molecule has 3 fully saturated rings. The quantitative estimate of drug-likeness (QED) is 0.744. The van der Waals surface area contributed by atoms with Crippen molar-refractivity contribution in [2.24, 2.45) is 11.1 Å². The van der Waals surface area contributed by atoms with Crippen LogP contribution in [0.1, 0.15) is 18.4 Å². The summed E-state index contributed by atoms with van der Waals surface area (Å²) in [5.74, 6) is 0.677. The van der Waals surface area contributed by atoms with Gasteiger partial charge in [-0.05, 0) is 31.5 Å². The van der Waals surface area contributed by atoms with Gasteiger partial charge in [-0.2, -0.15) is 0 Å². The first kappa shape index (κ1) is 10.8. The Morgan fingerprint density at radius 2 is 1.94 bits per heavy atom. The largest absolute Gasteiger partial charge is 0.391 e. The van der Waals surface area contributed by atoms with Gasteiger partial charge in [0.05, 0.1) is 5.71 Å². The first-order chi connectivity index (χ1) is 8.42. The molecule has 4 rings (SSSR count). The van der Waals surface area contributed by atoms with Crippen LogP contribution in [0.15, 0.2) is 35.5 Å². The normalized spacial score (nSPS) is 29.5. The summed E-state index contributed by atoms with van der Waals surface area (Å²) in [7, 11) is 0. The molecule has 0 spiro atoms. The van der Waals surface area contributed by atoms with E-state index in [1.165, 1.54) is 37.2 Å². The number of oxime groups is 1. The molecule has 3 aliphatic rings. The summed E-state index contributed by atoms with van der Waals surface area (Å²) in [6.45, 7) is 4.07. The van der Waals surface area contributed by atoms with E-state index in [-0.39, 0.29) is 0 Å². The van der Waals surface area contributed by atoms with Gasteiger partial charge < -0.3 is 4.84 Å². The zero-order valence-electron chi connectivity index (χ0n) is 10.0. The first-order valence-corrected chi connectivity index (χ1v) is 6.37. The number of fused-ring (bicyclic) bond motifs is 3.